The summed E-state index contributed by atoms with van der Waals surface area (Å²) >= 11 is 5.99. The topological polar surface area (TPSA) is 20.2 Å². The Hall–Kier alpha value is -0.530. The molecule has 0 fully saturated rings. The van der Waals surface area contributed by atoms with Crippen molar-refractivity contribution in [2.45, 2.75) is 32.8 Å². The van der Waals surface area contributed by atoms with Gasteiger partial charge in [-0.15, -0.1) is 0 Å². The number of aliphatic hydroxyl groups is 1. The average Bonchev–Trinajstić information content (AvgIpc) is 1.94. The van der Waals surface area contributed by atoms with Gasteiger partial charge < -0.3 is 5.11 Å². The molecular formula is C11H15ClO. The standard InChI is InChI=1S/C11H15ClO/c1-8-4-5-10(12)9(6-8)7-11(2,3)13/h4-6,13H,7H2,1-3H3. The first-order valence-electron chi connectivity index (χ1n) is 4.36. The number of hydrogen-bond acceptors (Lipinski definition) is 1. The molecule has 0 unspecified atom stereocenters. The van der Waals surface area contributed by atoms with Crippen LogP contribution in [0.2, 0.25) is 5.02 Å². The van der Waals surface area contributed by atoms with E-state index in [1.54, 1.807) is 13.8 Å². The van der Waals surface area contributed by atoms with Crippen molar-refractivity contribution in [3.63, 3.8) is 0 Å². The van der Waals surface area contributed by atoms with Crippen LogP contribution >= 0.6 is 11.6 Å². The minimum absolute atomic E-state index is 0.591. The fraction of sp³-hybridized carbons (Fsp3) is 0.455. The molecule has 0 aliphatic rings. The Morgan fingerprint density at radius 3 is 2.54 bits per heavy atom. The summed E-state index contributed by atoms with van der Waals surface area (Å²) in [5.41, 5.74) is 1.48. The molecule has 1 N–H and O–H groups in total. The molecule has 0 saturated carbocycles. The molecule has 2 heteroatoms. The average molecular weight is 199 g/mol. The molecule has 0 atom stereocenters. The highest BCUT2D eigenvalue weighted by atomic mass is 35.5. The summed E-state index contributed by atoms with van der Waals surface area (Å²) < 4.78 is 0. The molecule has 0 heterocycles. The summed E-state index contributed by atoms with van der Waals surface area (Å²) in [7, 11) is 0. The molecule has 0 aliphatic heterocycles. The maximum absolute atomic E-state index is 9.63. The minimum Gasteiger partial charge on any atom is -0.390 e. The van der Waals surface area contributed by atoms with Crippen molar-refractivity contribution in [2.24, 2.45) is 0 Å². The molecule has 1 aromatic carbocycles. The van der Waals surface area contributed by atoms with E-state index in [-0.39, 0.29) is 0 Å². The first-order valence-corrected chi connectivity index (χ1v) is 4.74. The van der Waals surface area contributed by atoms with Crippen molar-refractivity contribution in [1.82, 2.24) is 0 Å². The third-order valence-electron chi connectivity index (χ3n) is 1.82. The number of aryl methyl sites for hydroxylation is 1. The lowest BCUT2D eigenvalue weighted by molar-refractivity contribution is 0.0810. The fourth-order valence-corrected chi connectivity index (χ4v) is 1.49. The number of halogens is 1. The van der Waals surface area contributed by atoms with Crippen molar-refractivity contribution in [3.05, 3.63) is 34.3 Å². The van der Waals surface area contributed by atoms with E-state index >= 15 is 0 Å². The molecule has 1 rings (SSSR count). The second-order valence-corrected chi connectivity index (χ2v) is 4.49. The SMILES string of the molecule is Cc1ccc(Cl)c(CC(C)(C)O)c1. The molecule has 0 saturated heterocycles. The highest BCUT2D eigenvalue weighted by molar-refractivity contribution is 6.31. The van der Waals surface area contributed by atoms with Gasteiger partial charge in [0.2, 0.25) is 0 Å². The van der Waals surface area contributed by atoms with Gasteiger partial charge in [-0.2, -0.15) is 0 Å². The second-order valence-electron chi connectivity index (χ2n) is 4.08. The van der Waals surface area contributed by atoms with Gasteiger partial charge in [-0.3, -0.25) is 0 Å². The Morgan fingerprint density at radius 2 is 2.00 bits per heavy atom. The Labute approximate surface area is 84.4 Å². The lowest BCUT2D eigenvalue weighted by Crippen LogP contribution is -2.22. The molecule has 0 bridgehead atoms. The molecule has 72 valence electrons. The Balaban J connectivity index is 2.94. The van der Waals surface area contributed by atoms with Gasteiger partial charge in [0.1, 0.15) is 0 Å². The van der Waals surface area contributed by atoms with Gasteiger partial charge in [0.15, 0.2) is 0 Å². The van der Waals surface area contributed by atoms with Crippen LogP contribution in [-0.2, 0) is 6.42 Å². The Morgan fingerprint density at radius 1 is 1.38 bits per heavy atom. The lowest BCUT2D eigenvalue weighted by atomic mass is 9.97. The molecule has 0 radical (unpaired) electrons. The van der Waals surface area contributed by atoms with Crippen LogP contribution in [0.1, 0.15) is 25.0 Å². The van der Waals surface area contributed by atoms with Gasteiger partial charge in [0.05, 0.1) is 5.60 Å². The molecular weight excluding hydrogens is 184 g/mol. The van der Waals surface area contributed by atoms with E-state index in [0.29, 0.717) is 6.42 Å². The van der Waals surface area contributed by atoms with E-state index in [1.807, 2.05) is 25.1 Å². The maximum Gasteiger partial charge on any atom is 0.0632 e. The summed E-state index contributed by atoms with van der Waals surface area (Å²) in [5.74, 6) is 0. The summed E-state index contributed by atoms with van der Waals surface area (Å²) in [6.07, 6.45) is 0.591. The van der Waals surface area contributed by atoms with E-state index in [4.69, 9.17) is 11.6 Å². The quantitative estimate of drug-likeness (QED) is 0.775. The summed E-state index contributed by atoms with van der Waals surface area (Å²) in [5, 5.41) is 10.4. The van der Waals surface area contributed by atoms with Gasteiger partial charge in [-0.05, 0) is 32.4 Å². The Kier molecular flexibility index (Phi) is 2.99. The van der Waals surface area contributed by atoms with Crippen LogP contribution in [0.25, 0.3) is 0 Å². The van der Waals surface area contributed by atoms with E-state index in [9.17, 15) is 5.11 Å². The predicted octanol–water partition coefficient (Wildman–Crippen LogP) is 2.96. The molecule has 1 nitrogen and oxygen atoms in total. The normalized spacial score (nSPS) is 11.8. The third-order valence-corrected chi connectivity index (χ3v) is 2.19. The van der Waals surface area contributed by atoms with E-state index in [1.165, 1.54) is 5.56 Å². The molecule has 1 aromatic rings. The summed E-state index contributed by atoms with van der Waals surface area (Å²) in [4.78, 5) is 0. The predicted molar refractivity (Wildman–Crippen MR) is 56.2 cm³/mol. The van der Waals surface area contributed by atoms with E-state index < -0.39 is 5.60 Å². The second kappa shape index (κ2) is 3.69. The summed E-state index contributed by atoms with van der Waals surface area (Å²) in [6, 6.07) is 5.86. The zero-order valence-corrected chi connectivity index (χ0v) is 9.02. The van der Waals surface area contributed by atoms with Crippen LogP contribution in [0.3, 0.4) is 0 Å². The fourth-order valence-electron chi connectivity index (χ4n) is 1.31. The smallest absolute Gasteiger partial charge is 0.0632 e. The Bertz CT molecular complexity index is 299. The van der Waals surface area contributed by atoms with Gasteiger partial charge in [-0.25, -0.2) is 0 Å². The van der Waals surface area contributed by atoms with Crippen LogP contribution in [0.4, 0.5) is 0 Å². The molecule has 13 heavy (non-hydrogen) atoms. The van der Waals surface area contributed by atoms with Gasteiger partial charge in [0, 0.05) is 11.4 Å². The van der Waals surface area contributed by atoms with E-state index in [0.717, 1.165) is 10.6 Å². The van der Waals surface area contributed by atoms with Gasteiger partial charge in [0.25, 0.3) is 0 Å². The van der Waals surface area contributed by atoms with Crippen LogP contribution in [0.5, 0.6) is 0 Å². The number of rotatable bonds is 2. The van der Waals surface area contributed by atoms with Gasteiger partial charge >= 0.3 is 0 Å². The van der Waals surface area contributed by atoms with Crippen LogP contribution in [0.15, 0.2) is 18.2 Å². The van der Waals surface area contributed by atoms with Crippen molar-refractivity contribution in [2.75, 3.05) is 0 Å². The zero-order valence-electron chi connectivity index (χ0n) is 8.26. The van der Waals surface area contributed by atoms with Crippen molar-refractivity contribution in [3.8, 4) is 0 Å². The lowest BCUT2D eigenvalue weighted by Gasteiger charge is -2.18. The summed E-state index contributed by atoms with van der Waals surface area (Å²) in [6.45, 7) is 5.58. The van der Waals surface area contributed by atoms with Gasteiger partial charge in [-0.1, -0.05) is 29.3 Å². The maximum atomic E-state index is 9.63. The highest BCUT2D eigenvalue weighted by Gasteiger charge is 2.15. The number of benzene rings is 1. The molecule has 0 aromatic heterocycles. The number of hydrogen-bond donors (Lipinski definition) is 1. The first-order chi connectivity index (χ1) is 5.88. The van der Waals surface area contributed by atoms with Crippen molar-refractivity contribution < 1.29 is 5.11 Å². The van der Waals surface area contributed by atoms with Crippen molar-refractivity contribution >= 4 is 11.6 Å². The minimum atomic E-state index is -0.697. The zero-order chi connectivity index (χ0) is 10.1. The molecule has 0 amide bonds. The first kappa shape index (κ1) is 10.6. The monoisotopic (exact) mass is 198 g/mol. The highest BCUT2D eigenvalue weighted by Crippen LogP contribution is 2.21. The van der Waals surface area contributed by atoms with Crippen LogP contribution in [-0.4, -0.2) is 10.7 Å². The molecule has 0 aliphatic carbocycles. The van der Waals surface area contributed by atoms with Crippen LogP contribution < -0.4 is 0 Å². The molecule has 0 spiro atoms. The largest absolute Gasteiger partial charge is 0.390 e. The van der Waals surface area contributed by atoms with E-state index in [2.05, 4.69) is 0 Å². The third kappa shape index (κ3) is 3.37. The van der Waals surface area contributed by atoms with Crippen molar-refractivity contribution in [1.29, 1.82) is 0 Å². The van der Waals surface area contributed by atoms with Crippen LogP contribution in [0, 0.1) is 6.92 Å².